The second-order valence-electron chi connectivity index (χ2n) is 4.51. The average molecular weight is 303 g/mol. The fraction of sp³-hybridized carbons (Fsp3) is 0.500. The topological polar surface area (TPSA) is 44.4 Å². The Bertz CT molecular complexity index is 459. The number of nitrogens with one attached hydrogen (secondary N) is 2. The molecule has 21 heavy (non-hydrogen) atoms. The molecule has 0 spiro atoms. The van der Waals surface area contributed by atoms with E-state index in [2.05, 4.69) is 15.5 Å². The SMILES string of the molecule is CCN(CC)CCNc1cc(NC=O)cc(C(F)(F)F)c1. The molecule has 0 fully saturated rings. The number of alkyl halides is 3. The van der Waals surface area contributed by atoms with Crippen LogP contribution in [-0.4, -0.2) is 37.5 Å². The van der Waals surface area contributed by atoms with Crippen molar-refractivity contribution in [2.45, 2.75) is 20.0 Å². The summed E-state index contributed by atoms with van der Waals surface area (Å²) in [6.07, 6.45) is -4.09. The Hall–Kier alpha value is -1.76. The van der Waals surface area contributed by atoms with Gasteiger partial charge in [-0.15, -0.1) is 0 Å². The van der Waals surface area contributed by atoms with Gasteiger partial charge in [-0.1, -0.05) is 13.8 Å². The van der Waals surface area contributed by atoms with E-state index >= 15 is 0 Å². The Kier molecular flexibility index (Phi) is 6.48. The minimum Gasteiger partial charge on any atom is -0.384 e. The lowest BCUT2D eigenvalue weighted by Gasteiger charge is -2.19. The standard InChI is InChI=1S/C14H20F3N3O/c1-3-20(4-2)6-5-18-12-7-11(14(15,16)17)8-13(9-12)19-10-21/h7-10,18H,3-6H2,1-2H3,(H,19,21). The Balaban J connectivity index is 2.80. The molecule has 0 aliphatic carbocycles. The van der Waals surface area contributed by atoms with Gasteiger partial charge in [0.2, 0.25) is 6.41 Å². The number of benzene rings is 1. The molecule has 118 valence electrons. The summed E-state index contributed by atoms with van der Waals surface area (Å²) >= 11 is 0. The predicted octanol–water partition coefficient (Wildman–Crippen LogP) is 3.03. The van der Waals surface area contributed by atoms with E-state index < -0.39 is 11.7 Å². The van der Waals surface area contributed by atoms with Crippen molar-refractivity contribution < 1.29 is 18.0 Å². The Morgan fingerprint density at radius 2 is 1.76 bits per heavy atom. The van der Waals surface area contributed by atoms with Gasteiger partial charge in [-0.25, -0.2) is 0 Å². The van der Waals surface area contributed by atoms with Gasteiger partial charge in [0.15, 0.2) is 0 Å². The van der Waals surface area contributed by atoms with E-state index in [9.17, 15) is 18.0 Å². The molecular weight excluding hydrogens is 283 g/mol. The first kappa shape index (κ1) is 17.3. The van der Waals surface area contributed by atoms with E-state index in [0.29, 0.717) is 18.6 Å². The summed E-state index contributed by atoms with van der Waals surface area (Å²) in [4.78, 5) is 12.6. The summed E-state index contributed by atoms with van der Waals surface area (Å²) in [6, 6.07) is 3.42. The van der Waals surface area contributed by atoms with E-state index in [4.69, 9.17) is 0 Å². The molecule has 0 heterocycles. The van der Waals surface area contributed by atoms with Gasteiger partial charge in [0, 0.05) is 24.5 Å². The molecule has 0 saturated heterocycles. The van der Waals surface area contributed by atoms with Crippen LogP contribution in [0.15, 0.2) is 18.2 Å². The lowest BCUT2D eigenvalue weighted by molar-refractivity contribution is -0.137. The third kappa shape index (κ3) is 5.63. The highest BCUT2D eigenvalue weighted by molar-refractivity contribution is 5.74. The lowest BCUT2D eigenvalue weighted by Crippen LogP contribution is -2.28. The van der Waals surface area contributed by atoms with Crippen molar-refractivity contribution >= 4 is 17.8 Å². The molecule has 0 aliphatic rings. The first-order valence-electron chi connectivity index (χ1n) is 6.79. The largest absolute Gasteiger partial charge is 0.416 e. The van der Waals surface area contributed by atoms with E-state index in [0.717, 1.165) is 31.8 Å². The summed E-state index contributed by atoms with van der Waals surface area (Å²) < 4.78 is 38.4. The molecule has 1 rings (SSSR count). The van der Waals surface area contributed by atoms with Crippen LogP contribution in [-0.2, 0) is 11.0 Å². The van der Waals surface area contributed by atoms with E-state index in [1.54, 1.807) is 0 Å². The number of rotatable bonds is 8. The number of anilines is 2. The molecule has 2 N–H and O–H groups in total. The molecule has 0 bridgehead atoms. The molecule has 0 atom stereocenters. The van der Waals surface area contributed by atoms with Crippen LogP contribution in [0.25, 0.3) is 0 Å². The summed E-state index contributed by atoms with van der Waals surface area (Å²) in [6.45, 7) is 7.10. The molecule has 4 nitrogen and oxygen atoms in total. The van der Waals surface area contributed by atoms with Crippen LogP contribution in [0.4, 0.5) is 24.5 Å². The maximum Gasteiger partial charge on any atom is 0.416 e. The van der Waals surface area contributed by atoms with E-state index in [-0.39, 0.29) is 5.69 Å². The molecule has 0 saturated carbocycles. The first-order valence-corrected chi connectivity index (χ1v) is 6.79. The van der Waals surface area contributed by atoms with E-state index in [1.807, 2.05) is 13.8 Å². The van der Waals surface area contributed by atoms with E-state index in [1.165, 1.54) is 6.07 Å². The van der Waals surface area contributed by atoms with Gasteiger partial charge in [0.25, 0.3) is 0 Å². The second-order valence-corrected chi connectivity index (χ2v) is 4.51. The van der Waals surface area contributed by atoms with Crippen molar-refractivity contribution in [1.82, 2.24) is 4.90 Å². The quantitative estimate of drug-likeness (QED) is 0.726. The van der Waals surface area contributed by atoms with Crippen molar-refractivity contribution in [1.29, 1.82) is 0 Å². The van der Waals surface area contributed by atoms with Crippen LogP contribution in [0.3, 0.4) is 0 Å². The number of carbonyl (C=O) groups excluding carboxylic acids is 1. The zero-order valence-corrected chi connectivity index (χ0v) is 12.1. The fourth-order valence-corrected chi connectivity index (χ4v) is 1.94. The maximum absolute atomic E-state index is 12.8. The number of nitrogens with zero attached hydrogens (tertiary/aromatic N) is 1. The normalized spacial score (nSPS) is 11.5. The zero-order chi connectivity index (χ0) is 15.9. The predicted molar refractivity (Wildman–Crippen MR) is 77.4 cm³/mol. The second kappa shape index (κ2) is 7.87. The van der Waals surface area contributed by atoms with Gasteiger partial charge in [-0.3, -0.25) is 4.79 Å². The number of halogens is 3. The highest BCUT2D eigenvalue weighted by Gasteiger charge is 2.31. The van der Waals surface area contributed by atoms with Crippen LogP contribution in [0.1, 0.15) is 19.4 Å². The smallest absolute Gasteiger partial charge is 0.384 e. The molecule has 0 aromatic heterocycles. The molecule has 1 aromatic carbocycles. The summed E-state index contributed by atoms with van der Waals surface area (Å²) in [5.74, 6) is 0. The molecule has 0 radical (unpaired) electrons. The van der Waals surface area contributed by atoms with Crippen molar-refractivity contribution in [2.75, 3.05) is 36.8 Å². The zero-order valence-electron chi connectivity index (χ0n) is 12.1. The van der Waals surface area contributed by atoms with Crippen LogP contribution in [0.2, 0.25) is 0 Å². The molecule has 7 heteroatoms. The molecule has 0 aliphatic heterocycles. The lowest BCUT2D eigenvalue weighted by atomic mass is 10.1. The maximum atomic E-state index is 12.8. The highest BCUT2D eigenvalue weighted by Crippen LogP contribution is 2.33. The van der Waals surface area contributed by atoms with Crippen molar-refractivity contribution in [2.24, 2.45) is 0 Å². The summed E-state index contributed by atoms with van der Waals surface area (Å²) in [7, 11) is 0. The highest BCUT2D eigenvalue weighted by atomic mass is 19.4. The third-order valence-electron chi connectivity index (χ3n) is 3.14. The Morgan fingerprint density at radius 3 is 2.29 bits per heavy atom. The van der Waals surface area contributed by atoms with Gasteiger partial charge < -0.3 is 15.5 Å². The Morgan fingerprint density at radius 1 is 1.14 bits per heavy atom. The van der Waals surface area contributed by atoms with Crippen molar-refractivity contribution in [3.63, 3.8) is 0 Å². The molecule has 1 amide bonds. The third-order valence-corrected chi connectivity index (χ3v) is 3.14. The van der Waals surface area contributed by atoms with Gasteiger partial charge in [-0.05, 0) is 31.3 Å². The van der Waals surface area contributed by atoms with Crippen LogP contribution in [0, 0.1) is 0 Å². The monoisotopic (exact) mass is 303 g/mol. The van der Waals surface area contributed by atoms with Crippen LogP contribution < -0.4 is 10.6 Å². The van der Waals surface area contributed by atoms with Gasteiger partial charge in [-0.2, -0.15) is 13.2 Å². The minimum atomic E-state index is -4.45. The van der Waals surface area contributed by atoms with Crippen molar-refractivity contribution in [3.8, 4) is 0 Å². The van der Waals surface area contributed by atoms with Gasteiger partial charge in [0.1, 0.15) is 0 Å². The van der Waals surface area contributed by atoms with Gasteiger partial charge in [0.05, 0.1) is 5.56 Å². The Labute approximate surface area is 122 Å². The van der Waals surface area contributed by atoms with Crippen molar-refractivity contribution in [3.05, 3.63) is 23.8 Å². The average Bonchev–Trinajstić information content (AvgIpc) is 2.43. The summed E-state index contributed by atoms with van der Waals surface area (Å²) in [5, 5.41) is 5.21. The first-order chi connectivity index (χ1) is 9.90. The molecule has 1 aromatic rings. The number of likely N-dealkylation sites (N-methyl/N-ethyl adjacent to an activating group) is 1. The van der Waals surface area contributed by atoms with Crippen LogP contribution >= 0.6 is 0 Å². The number of hydrogen-bond acceptors (Lipinski definition) is 3. The van der Waals surface area contributed by atoms with Gasteiger partial charge >= 0.3 is 6.18 Å². The number of amides is 1. The molecule has 0 unspecified atom stereocenters. The van der Waals surface area contributed by atoms with Crippen LogP contribution in [0.5, 0.6) is 0 Å². The number of carbonyl (C=O) groups is 1. The fourth-order valence-electron chi connectivity index (χ4n) is 1.94. The molecular formula is C14H20F3N3O. The minimum absolute atomic E-state index is 0.116. The summed E-state index contributed by atoms with van der Waals surface area (Å²) in [5.41, 5.74) is -0.341. The number of hydrogen-bond donors (Lipinski definition) is 2.